The van der Waals surface area contributed by atoms with E-state index in [4.69, 9.17) is 0 Å². The number of hydrogen-bond donors (Lipinski definition) is 1. The number of allylic oxidation sites excluding steroid dienone is 3. The Kier molecular flexibility index (Phi) is 12.0. The van der Waals surface area contributed by atoms with Crippen LogP contribution in [-0.2, 0) is 4.79 Å². The molecule has 5 unspecified atom stereocenters. The first-order valence-corrected chi connectivity index (χ1v) is 16.4. The molecule has 0 bridgehead atoms. The van der Waals surface area contributed by atoms with Crippen LogP contribution in [0, 0.1) is 25.7 Å². The number of ketones is 1. The maximum absolute atomic E-state index is 14.1. The van der Waals surface area contributed by atoms with Crippen LogP contribution in [-0.4, -0.2) is 45.9 Å². The van der Waals surface area contributed by atoms with Crippen LogP contribution in [0.5, 0.6) is 0 Å². The van der Waals surface area contributed by atoms with E-state index in [0.717, 1.165) is 62.9 Å². The Labute approximate surface area is 255 Å². The van der Waals surface area contributed by atoms with E-state index in [1.165, 1.54) is 29.5 Å². The smallest absolute Gasteiger partial charge is 0.179 e. The molecule has 5 atom stereocenters. The molecule has 4 rings (SSSR count). The molecule has 2 aliphatic rings. The van der Waals surface area contributed by atoms with Gasteiger partial charge in [-0.1, -0.05) is 92.6 Å². The normalized spacial score (nSPS) is 23.1. The Balaban J connectivity index is 1.46. The molecular formula is C38H53N2O2-. The van der Waals surface area contributed by atoms with E-state index in [1.807, 2.05) is 6.92 Å². The minimum absolute atomic E-state index is 0.204. The maximum Gasteiger partial charge on any atom is 0.179 e. The molecule has 1 aliphatic heterocycles. The largest absolute Gasteiger partial charge is 0.393 e. The molecule has 1 saturated carbocycles. The molecule has 0 amide bonds. The van der Waals surface area contributed by atoms with Gasteiger partial charge in [-0.25, -0.2) is 0 Å². The van der Waals surface area contributed by atoms with Crippen LogP contribution in [0.25, 0.3) is 11.1 Å². The fraction of sp³-hybridized carbons (Fsp3) is 0.526. The van der Waals surface area contributed by atoms with Gasteiger partial charge >= 0.3 is 0 Å². The third-order valence-electron chi connectivity index (χ3n) is 9.60. The zero-order valence-corrected chi connectivity index (χ0v) is 26.5. The van der Waals surface area contributed by atoms with E-state index >= 15 is 0 Å². The van der Waals surface area contributed by atoms with E-state index < -0.39 is 0 Å². The summed E-state index contributed by atoms with van der Waals surface area (Å²) in [5.41, 5.74) is 5.53. The standard InChI is InChI=1S/C38H53N2O2/c1-6-39(26-24-30(4)41)34-14-12-13-33(29(3)20-23-34)27-38(42)37-17-8-7-11-25-40(37)31(5)35-15-9-10-16-36(35)32-21-18-28(2)19-22-32/h9-11,15-19,21-22,25,29-31,33-34,41H,5-8,12-14,20,23-24,26-27H2,1-4H3/q-1. The highest BCUT2D eigenvalue weighted by Crippen LogP contribution is 2.37. The van der Waals surface area contributed by atoms with E-state index in [9.17, 15) is 9.90 Å². The predicted molar refractivity (Wildman–Crippen MR) is 176 cm³/mol. The van der Waals surface area contributed by atoms with Crippen LogP contribution in [0.3, 0.4) is 0 Å². The molecule has 2 aromatic rings. The summed E-state index contributed by atoms with van der Waals surface area (Å²) in [4.78, 5) is 18.8. The van der Waals surface area contributed by atoms with Crippen LogP contribution in [0.2, 0.25) is 0 Å². The lowest BCUT2D eigenvalue weighted by molar-refractivity contribution is -0.118. The number of nitrogens with zero attached hydrogens (tertiary/aromatic N) is 2. The summed E-state index contributed by atoms with van der Waals surface area (Å²) in [5.74, 6) is 1.17. The summed E-state index contributed by atoms with van der Waals surface area (Å²) in [6, 6.07) is 17.5. The summed E-state index contributed by atoms with van der Waals surface area (Å²) < 4.78 is 0. The fourth-order valence-electron chi connectivity index (χ4n) is 6.85. The van der Waals surface area contributed by atoms with E-state index in [-0.39, 0.29) is 17.9 Å². The average Bonchev–Trinajstić information content (AvgIpc) is 3.24. The molecule has 42 heavy (non-hydrogen) atoms. The van der Waals surface area contributed by atoms with Gasteiger partial charge in [-0.15, -0.1) is 0 Å². The second-order valence-electron chi connectivity index (χ2n) is 12.7. The van der Waals surface area contributed by atoms with Crippen molar-refractivity contribution in [1.29, 1.82) is 0 Å². The van der Waals surface area contributed by atoms with Crippen LogP contribution in [0.4, 0.5) is 0 Å². The second-order valence-corrected chi connectivity index (χ2v) is 12.7. The zero-order chi connectivity index (χ0) is 30.1. The van der Waals surface area contributed by atoms with Crippen molar-refractivity contribution in [3.63, 3.8) is 0 Å². The van der Waals surface area contributed by atoms with Gasteiger partial charge in [-0.2, -0.15) is 0 Å². The minimum Gasteiger partial charge on any atom is -0.393 e. The second kappa shape index (κ2) is 15.7. The molecule has 4 heteroatoms. The maximum atomic E-state index is 14.1. The van der Waals surface area contributed by atoms with E-state index in [2.05, 4.69) is 104 Å². The van der Waals surface area contributed by atoms with Crippen molar-refractivity contribution >= 4 is 5.78 Å². The predicted octanol–water partition coefficient (Wildman–Crippen LogP) is 8.67. The highest BCUT2D eigenvalue weighted by molar-refractivity contribution is 5.95. The molecule has 1 aliphatic carbocycles. The molecule has 0 radical (unpaired) electrons. The topological polar surface area (TPSA) is 43.8 Å². The quantitative estimate of drug-likeness (QED) is 0.275. The number of aryl methyl sites for hydroxylation is 1. The number of aliphatic hydroxyl groups is 1. The lowest BCUT2D eigenvalue weighted by Crippen LogP contribution is -2.38. The summed E-state index contributed by atoms with van der Waals surface area (Å²) in [6.07, 6.45) is 15.2. The molecule has 1 N–H and O–H groups in total. The van der Waals surface area contributed by atoms with Crippen molar-refractivity contribution in [3.05, 3.63) is 90.6 Å². The van der Waals surface area contributed by atoms with Crippen molar-refractivity contribution in [2.75, 3.05) is 13.1 Å². The first kappa shape index (κ1) is 32.2. The van der Waals surface area contributed by atoms with Crippen molar-refractivity contribution < 1.29 is 9.90 Å². The van der Waals surface area contributed by atoms with E-state index in [0.29, 0.717) is 24.3 Å². The van der Waals surface area contributed by atoms with Crippen molar-refractivity contribution in [2.45, 2.75) is 104 Å². The Hall–Kier alpha value is -2.69. The van der Waals surface area contributed by atoms with Gasteiger partial charge < -0.3 is 21.8 Å². The number of hydrogen-bond acceptors (Lipinski definition) is 4. The Bertz CT molecular complexity index is 1200. The Morgan fingerprint density at radius 1 is 1.07 bits per heavy atom. The van der Waals surface area contributed by atoms with Gasteiger partial charge in [0, 0.05) is 19.0 Å². The summed E-state index contributed by atoms with van der Waals surface area (Å²) in [5, 5.41) is 9.80. The molecule has 1 heterocycles. The number of Topliss-reactive ketones (excluding diaryl/α,β-unsaturated/α-hetero) is 1. The Morgan fingerprint density at radius 2 is 1.83 bits per heavy atom. The van der Waals surface area contributed by atoms with E-state index in [1.54, 1.807) is 0 Å². The van der Waals surface area contributed by atoms with Crippen molar-refractivity contribution in [1.82, 2.24) is 9.80 Å². The molecule has 228 valence electrons. The van der Waals surface area contributed by atoms with Gasteiger partial charge in [-0.3, -0.25) is 4.79 Å². The van der Waals surface area contributed by atoms with Gasteiger partial charge in [0.1, 0.15) is 0 Å². The lowest BCUT2D eigenvalue weighted by Gasteiger charge is -2.38. The number of rotatable bonds is 11. The first-order chi connectivity index (χ1) is 20.3. The number of carbonyl (C=O) groups excluding carboxylic acids is 1. The Morgan fingerprint density at radius 3 is 2.57 bits per heavy atom. The summed E-state index contributed by atoms with van der Waals surface area (Å²) in [7, 11) is 0. The molecule has 0 aromatic heterocycles. The molecule has 4 nitrogen and oxygen atoms in total. The van der Waals surface area contributed by atoms with Gasteiger partial charge in [0.2, 0.25) is 0 Å². The number of carbonyl (C=O) groups is 1. The third-order valence-corrected chi connectivity index (χ3v) is 9.60. The zero-order valence-electron chi connectivity index (χ0n) is 26.5. The molecule has 2 aromatic carbocycles. The van der Waals surface area contributed by atoms with Crippen LogP contribution in [0.1, 0.15) is 95.7 Å². The summed E-state index contributed by atoms with van der Waals surface area (Å²) >= 11 is 0. The minimum atomic E-state index is -0.247. The van der Waals surface area contributed by atoms with Gasteiger partial charge in [0.15, 0.2) is 5.78 Å². The molecular weight excluding hydrogens is 516 g/mol. The number of benzene rings is 2. The van der Waals surface area contributed by atoms with Gasteiger partial charge in [-0.05, 0) is 100 Å². The van der Waals surface area contributed by atoms with Crippen LogP contribution >= 0.6 is 0 Å². The molecule has 0 spiro atoms. The van der Waals surface area contributed by atoms with Gasteiger partial charge in [0.05, 0.1) is 11.8 Å². The first-order valence-electron chi connectivity index (χ1n) is 16.4. The average molecular weight is 570 g/mol. The van der Waals surface area contributed by atoms with Gasteiger partial charge in [0.25, 0.3) is 0 Å². The van der Waals surface area contributed by atoms with Crippen molar-refractivity contribution in [3.8, 4) is 11.1 Å². The lowest BCUT2D eigenvalue weighted by atomic mass is 9.78. The summed E-state index contributed by atoms with van der Waals surface area (Å²) in [6.45, 7) is 15.2. The third kappa shape index (κ3) is 8.45. The number of aliphatic hydroxyl groups excluding tert-OH is 1. The highest BCUT2D eigenvalue weighted by atomic mass is 16.3. The monoisotopic (exact) mass is 569 g/mol. The van der Waals surface area contributed by atoms with Crippen molar-refractivity contribution in [2.24, 2.45) is 11.8 Å². The molecule has 0 saturated heterocycles. The van der Waals surface area contributed by atoms with Crippen LogP contribution < -0.4 is 0 Å². The highest BCUT2D eigenvalue weighted by Gasteiger charge is 2.29. The molecule has 1 fully saturated rings. The fourth-order valence-corrected chi connectivity index (χ4v) is 6.85. The SMILES string of the molecule is [CH2-]C(c1ccccc1-c1ccc(C)cc1)N1C=CCCC=C1C(=O)CC1CCCC(N(CC)CCC(C)O)CCC1C. The van der Waals surface area contributed by atoms with Crippen LogP contribution in [0.15, 0.2) is 72.6 Å².